The van der Waals surface area contributed by atoms with E-state index in [1.807, 2.05) is 0 Å². The van der Waals surface area contributed by atoms with Crippen LogP contribution >= 0.6 is 67.8 Å². The second-order valence-corrected chi connectivity index (χ2v) is 14.0. The van der Waals surface area contributed by atoms with Gasteiger partial charge in [0.1, 0.15) is 0 Å². The first-order valence-corrected chi connectivity index (χ1v) is 10.4. The summed E-state index contributed by atoms with van der Waals surface area (Å²) in [6.45, 7) is 7.18. The van der Waals surface area contributed by atoms with Gasteiger partial charge in [-0.15, -0.1) is 0 Å². The zero-order valence-electron chi connectivity index (χ0n) is 12.0. The molecule has 0 spiro atoms. The molecule has 0 aromatic heterocycles. The lowest BCUT2D eigenvalue weighted by molar-refractivity contribution is 0.182. The van der Waals surface area contributed by atoms with Crippen LogP contribution in [0.3, 0.4) is 0 Å². The Morgan fingerprint density at radius 2 is 2.05 bits per heavy atom. The summed E-state index contributed by atoms with van der Waals surface area (Å²) < 4.78 is 1.92. The van der Waals surface area contributed by atoms with E-state index in [9.17, 15) is 0 Å². The van der Waals surface area contributed by atoms with Gasteiger partial charge in [-0.2, -0.15) is 0 Å². The van der Waals surface area contributed by atoms with Crippen LogP contribution in [-0.4, -0.2) is 1.43 Å². The fourth-order valence-corrected chi connectivity index (χ4v) is 6.11. The fourth-order valence-electron chi connectivity index (χ4n) is 3.73. The molecule has 108 valence electrons. The Hall–Kier alpha value is 1.67. The molecule has 2 unspecified atom stereocenters. The third-order valence-electron chi connectivity index (χ3n) is 4.92. The normalized spacial score (nSPS) is 35.5. The van der Waals surface area contributed by atoms with E-state index in [2.05, 4.69) is 101 Å². The molecule has 2 aliphatic carbocycles. The van der Waals surface area contributed by atoms with Crippen molar-refractivity contribution in [2.24, 2.45) is 17.3 Å². The Kier molecular flexibility index (Phi) is 5.76. The minimum Gasteiger partial charge on any atom is -0.0714 e. The summed E-state index contributed by atoms with van der Waals surface area (Å²) in [6, 6.07) is 0. The number of rotatable bonds is 2. The van der Waals surface area contributed by atoms with Crippen LogP contribution in [0.15, 0.2) is 21.3 Å². The van der Waals surface area contributed by atoms with Gasteiger partial charge in [0.25, 0.3) is 0 Å². The highest BCUT2D eigenvalue weighted by Crippen LogP contribution is 2.60. The number of alkyl halides is 2. The Balaban J connectivity index is 2.25. The maximum absolute atomic E-state index is 2.68. The Morgan fingerprint density at radius 3 is 2.68 bits per heavy atom. The van der Waals surface area contributed by atoms with Gasteiger partial charge in [0.2, 0.25) is 0 Å². The van der Waals surface area contributed by atoms with E-state index in [1.54, 1.807) is 5.57 Å². The Labute approximate surface area is 159 Å². The molecule has 2 atom stereocenters. The molecule has 0 aromatic carbocycles. The molecule has 0 N–H and O–H groups in total. The van der Waals surface area contributed by atoms with Crippen LogP contribution in [-0.2, 0) is 0 Å². The molecule has 0 amide bonds. The Morgan fingerprint density at radius 1 is 1.37 bits per heavy atom. The molecular formula is C16H23I3. The first-order chi connectivity index (χ1) is 8.76. The Bertz CT molecular complexity index is 404. The molecule has 2 rings (SSSR count). The van der Waals surface area contributed by atoms with Crippen molar-refractivity contribution in [3.63, 3.8) is 0 Å². The highest BCUT2D eigenvalue weighted by molar-refractivity contribution is 14.2. The van der Waals surface area contributed by atoms with E-state index in [0.717, 1.165) is 18.3 Å². The van der Waals surface area contributed by atoms with Crippen molar-refractivity contribution >= 4 is 67.8 Å². The van der Waals surface area contributed by atoms with E-state index < -0.39 is 0 Å². The largest absolute Gasteiger partial charge is 0.0738 e. The number of hydrogen-bond donors (Lipinski definition) is 0. The van der Waals surface area contributed by atoms with E-state index in [-0.39, 0.29) is 0 Å². The van der Waals surface area contributed by atoms with Crippen LogP contribution in [0.4, 0.5) is 0 Å². The summed E-state index contributed by atoms with van der Waals surface area (Å²) in [5.74, 6) is 1.82. The number of fused-ring (bicyclic) bond motifs is 1. The minimum atomic E-state index is 0.394. The molecule has 2 fully saturated rings. The second-order valence-electron chi connectivity index (χ2n) is 6.56. The molecule has 19 heavy (non-hydrogen) atoms. The van der Waals surface area contributed by atoms with Crippen molar-refractivity contribution in [1.29, 1.82) is 0 Å². The van der Waals surface area contributed by atoms with Crippen LogP contribution in [0.25, 0.3) is 0 Å². The molecule has 0 aliphatic heterocycles. The zero-order valence-corrected chi connectivity index (χ0v) is 18.5. The molecule has 2 saturated carbocycles. The van der Waals surface area contributed by atoms with Gasteiger partial charge < -0.3 is 0 Å². The van der Waals surface area contributed by atoms with Gasteiger partial charge in [-0.3, -0.25) is 0 Å². The third kappa shape index (κ3) is 3.90. The first kappa shape index (κ1) is 17.0. The molecule has 0 radical (unpaired) electrons. The second kappa shape index (κ2) is 6.42. The first-order valence-electron chi connectivity index (χ1n) is 7.21. The van der Waals surface area contributed by atoms with Crippen molar-refractivity contribution in [3.8, 4) is 0 Å². The maximum Gasteiger partial charge on any atom is 0.0738 e. The average Bonchev–Trinajstić information content (AvgIpc) is 2.51. The van der Waals surface area contributed by atoms with Crippen molar-refractivity contribution in [2.75, 3.05) is 0 Å². The lowest BCUT2D eigenvalue weighted by atomic mass is 9.70. The summed E-state index contributed by atoms with van der Waals surface area (Å²) in [5.41, 5.74) is 2.09. The highest BCUT2D eigenvalue weighted by Gasteiger charge is 2.50. The van der Waals surface area contributed by atoms with Crippen LogP contribution in [0.2, 0.25) is 0 Å². The summed E-state index contributed by atoms with van der Waals surface area (Å²) >= 11 is 7.86. The number of hydrogen-bond acceptors (Lipinski definition) is 0. The van der Waals surface area contributed by atoms with Gasteiger partial charge in [0.15, 0.2) is 0 Å². The van der Waals surface area contributed by atoms with Gasteiger partial charge in [-0.05, 0) is 78.0 Å². The van der Waals surface area contributed by atoms with Crippen molar-refractivity contribution < 1.29 is 0 Å². The van der Waals surface area contributed by atoms with Crippen molar-refractivity contribution in [2.45, 2.75) is 54.3 Å². The monoisotopic (exact) mass is 596 g/mol. The predicted octanol–water partition coefficient (Wildman–Crippen LogP) is 7.05. The van der Waals surface area contributed by atoms with Gasteiger partial charge in [0.05, 0.1) is 1.43 Å². The van der Waals surface area contributed by atoms with Crippen LogP contribution < -0.4 is 0 Å². The van der Waals surface area contributed by atoms with Gasteiger partial charge >= 0.3 is 0 Å². The van der Waals surface area contributed by atoms with Crippen LogP contribution in [0.5, 0.6) is 0 Å². The summed E-state index contributed by atoms with van der Waals surface area (Å²) in [7, 11) is 0. The van der Waals surface area contributed by atoms with E-state index in [1.165, 1.54) is 29.3 Å². The third-order valence-corrected chi connectivity index (χ3v) is 7.63. The highest BCUT2D eigenvalue weighted by atomic mass is 127. The number of allylic oxidation sites excluding steroid dienone is 4. The maximum atomic E-state index is 2.68. The zero-order chi connectivity index (χ0) is 14.3. The average molecular weight is 596 g/mol. The van der Waals surface area contributed by atoms with E-state index in [0.29, 0.717) is 6.84 Å². The summed E-state index contributed by atoms with van der Waals surface area (Å²) in [5, 5.41) is 0. The molecule has 0 nitrogen and oxygen atoms in total. The molecule has 0 saturated heterocycles. The van der Waals surface area contributed by atoms with Crippen LogP contribution in [0.1, 0.15) is 52.9 Å². The molecule has 2 aliphatic rings. The summed E-state index contributed by atoms with van der Waals surface area (Å²) in [4.78, 5) is 0. The van der Waals surface area contributed by atoms with Crippen molar-refractivity contribution in [3.05, 3.63) is 21.3 Å². The molecular weight excluding hydrogens is 573 g/mol. The van der Waals surface area contributed by atoms with Crippen molar-refractivity contribution in [1.82, 2.24) is 0 Å². The predicted molar refractivity (Wildman–Crippen MR) is 110 cm³/mol. The SMILES string of the molecule is CC/C=C(I)\C=C1/CC2CCC(I)(I)CC2C1(C)C. The fraction of sp³-hybridized carbons (Fsp3) is 0.750. The smallest absolute Gasteiger partial charge is 0.0714 e. The quantitative estimate of drug-likeness (QED) is 0.237. The van der Waals surface area contributed by atoms with E-state index >= 15 is 0 Å². The molecule has 0 aromatic rings. The molecule has 0 heterocycles. The molecule has 0 bridgehead atoms. The summed E-state index contributed by atoms with van der Waals surface area (Å²) in [6.07, 6.45) is 11.5. The standard InChI is InChI=1S/C16H23I3/c1-4-5-13(17)9-12-8-11-6-7-16(18,19)10-14(11)15(12,2)3/h5,9,11,14H,4,6-8,10H2,1-3H3/b12-9+,13-5+. The number of halogens is 3. The minimum absolute atomic E-state index is 0.394. The molecule has 3 heteroatoms. The van der Waals surface area contributed by atoms with Gasteiger partial charge in [-0.25, -0.2) is 0 Å². The lowest BCUT2D eigenvalue weighted by Crippen LogP contribution is -2.33. The topological polar surface area (TPSA) is 0 Å². The van der Waals surface area contributed by atoms with E-state index in [4.69, 9.17) is 0 Å². The van der Waals surface area contributed by atoms with Gasteiger partial charge in [0, 0.05) is 3.58 Å². The van der Waals surface area contributed by atoms with Gasteiger partial charge in [-0.1, -0.05) is 77.6 Å². The lowest BCUT2D eigenvalue weighted by Gasteiger charge is -2.40. The van der Waals surface area contributed by atoms with Crippen LogP contribution in [0, 0.1) is 17.3 Å².